The van der Waals surface area contributed by atoms with E-state index >= 15 is 0 Å². The number of benzene rings is 1. The molecule has 2 amide bonds. The van der Waals surface area contributed by atoms with Crippen LogP contribution in [-0.2, 0) is 10.0 Å². The van der Waals surface area contributed by atoms with Crippen LogP contribution in [-0.4, -0.2) is 45.1 Å². The van der Waals surface area contributed by atoms with Gasteiger partial charge in [-0.1, -0.05) is 6.07 Å². The summed E-state index contributed by atoms with van der Waals surface area (Å²) < 4.78 is 24.0. The summed E-state index contributed by atoms with van der Waals surface area (Å²) in [5.74, 6) is -0.175. The molecular formula is C12H16N4O3S. The van der Waals surface area contributed by atoms with Crippen molar-refractivity contribution in [1.29, 1.82) is 5.26 Å². The molecule has 0 unspecified atom stereocenters. The van der Waals surface area contributed by atoms with E-state index in [2.05, 4.69) is 10.6 Å². The summed E-state index contributed by atoms with van der Waals surface area (Å²) in [6.07, 6.45) is 0. The molecular weight excluding hydrogens is 280 g/mol. The molecule has 2 N–H and O–H groups in total. The van der Waals surface area contributed by atoms with E-state index in [4.69, 9.17) is 5.26 Å². The molecule has 0 aliphatic heterocycles. The zero-order valence-electron chi connectivity index (χ0n) is 11.3. The Balaban J connectivity index is 2.47. The summed E-state index contributed by atoms with van der Waals surface area (Å²) in [5, 5.41) is 13.7. The van der Waals surface area contributed by atoms with Gasteiger partial charge >= 0.3 is 6.03 Å². The molecule has 0 bridgehead atoms. The van der Waals surface area contributed by atoms with E-state index in [1.54, 1.807) is 18.2 Å². The Hall–Kier alpha value is -2.11. The number of nitrogens with zero attached hydrogens (tertiary/aromatic N) is 2. The molecule has 108 valence electrons. The molecule has 0 heterocycles. The summed E-state index contributed by atoms with van der Waals surface area (Å²) in [4.78, 5) is 11.6. The highest BCUT2D eigenvalue weighted by Gasteiger charge is 2.13. The van der Waals surface area contributed by atoms with Gasteiger partial charge in [0.1, 0.15) is 0 Å². The number of amides is 2. The lowest BCUT2D eigenvalue weighted by Gasteiger charge is -2.12. The lowest BCUT2D eigenvalue weighted by molar-refractivity contribution is 0.252. The number of urea groups is 1. The zero-order valence-corrected chi connectivity index (χ0v) is 12.1. The maximum Gasteiger partial charge on any atom is 0.319 e. The monoisotopic (exact) mass is 296 g/mol. The summed E-state index contributed by atoms with van der Waals surface area (Å²) in [7, 11) is -0.463. The van der Waals surface area contributed by atoms with Crippen molar-refractivity contribution >= 4 is 21.7 Å². The first-order chi connectivity index (χ1) is 9.35. The third-order valence-electron chi connectivity index (χ3n) is 2.45. The second-order valence-electron chi connectivity index (χ2n) is 4.17. The van der Waals surface area contributed by atoms with Crippen molar-refractivity contribution in [2.24, 2.45) is 0 Å². The first kappa shape index (κ1) is 15.9. The highest BCUT2D eigenvalue weighted by molar-refractivity contribution is 7.89. The van der Waals surface area contributed by atoms with Gasteiger partial charge in [-0.2, -0.15) is 5.26 Å². The standard InChI is InChI=1S/C12H16N4O3S/c1-16(2)20(18,19)7-6-14-12(17)15-11-5-3-4-10(8-11)9-13/h3-5,8H,6-7H2,1-2H3,(H2,14,15,17). The zero-order chi connectivity index (χ0) is 15.2. The number of rotatable bonds is 5. The molecule has 0 aromatic heterocycles. The second-order valence-corrected chi connectivity index (χ2v) is 6.47. The molecule has 0 aliphatic rings. The van der Waals surface area contributed by atoms with Gasteiger partial charge in [0, 0.05) is 26.3 Å². The summed E-state index contributed by atoms with van der Waals surface area (Å²) in [6.45, 7) is 0.00425. The third kappa shape index (κ3) is 4.87. The number of carbonyl (C=O) groups excluding carboxylic acids is 1. The fourth-order valence-electron chi connectivity index (χ4n) is 1.32. The van der Waals surface area contributed by atoms with Crippen molar-refractivity contribution < 1.29 is 13.2 Å². The number of sulfonamides is 1. The summed E-state index contributed by atoms with van der Waals surface area (Å²) in [5.41, 5.74) is 0.898. The van der Waals surface area contributed by atoms with Crippen molar-refractivity contribution in [1.82, 2.24) is 9.62 Å². The second kappa shape index (κ2) is 6.88. The summed E-state index contributed by atoms with van der Waals surface area (Å²) >= 11 is 0. The van der Waals surface area contributed by atoms with E-state index < -0.39 is 16.1 Å². The van der Waals surface area contributed by atoms with E-state index in [0.717, 1.165) is 4.31 Å². The van der Waals surface area contributed by atoms with Crippen molar-refractivity contribution in [3.8, 4) is 6.07 Å². The first-order valence-corrected chi connectivity index (χ1v) is 7.41. The minimum Gasteiger partial charge on any atom is -0.337 e. The van der Waals surface area contributed by atoms with Crippen LogP contribution in [0.3, 0.4) is 0 Å². The van der Waals surface area contributed by atoms with Crippen LogP contribution in [0.15, 0.2) is 24.3 Å². The van der Waals surface area contributed by atoms with Crippen molar-refractivity contribution in [2.75, 3.05) is 31.7 Å². The van der Waals surface area contributed by atoms with Gasteiger partial charge in [0.05, 0.1) is 17.4 Å². The van der Waals surface area contributed by atoms with E-state index in [1.807, 2.05) is 6.07 Å². The maximum atomic E-state index is 11.6. The number of nitriles is 1. The van der Waals surface area contributed by atoms with Gasteiger partial charge in [0.25, 0.3) is 0 Å². The topological polar surface area (TPSA) is 102 Å². The van der Waals surface area contributed by atoms with Gasteiger partial charge in [-0.3, -0.25) is 0 Å². The van der Waals surface area contributed by atoms with Gasteiger partial charge in [0.15, 0.2) is 0 Å². The number of carbonyl (C=O) groups is 1. The fourth-order valence-corrected chi connectivity index (χ4v) is 2.04. The van der Waals surface area contributed by atoms with Crippen LogP contribution in [0.1, 0.15) is 5.56 Å². The predicted octanol–water partition coefficient (Wildman–Crippen LogP) is 0.571. The van der Waals surface area contributed by atoms with Crippen LogP contribution < -0.4 is 10.6 Å². The highest BCUT2D eigenvalue weighted by Crippen LogP contribution is 2.09. The quantitative estimate of drug-likeness (QED) is 0.829. The minimum absolute atomic E-state index is 0.00425. The lowest BCUT2D eigenvalue weighted by Crippen LogP contribution is -2.36. The van der Waals surface area contributed by atoms with Crippen LogP contribution in [0, 0.1) is 11.3 Å². The molecule has 0 spiro atoms. The number of hydrogen-bond donors (Lipinski definition) is 2. The Kier molecular flexibility index (Phi) is 5.49. The van der Waals surface area contributed by atoms with Crippen LogP contribution in [0.2, 0.25) is 0 Å². The molecule has 7 nitrogen and oxygen atoms in total. The van der Waals surface area contributed by atoms with Crippen LogP contribution in [0.5, 0.6) is 0 Å². The third-order valence-corrected chi connectivity index (χ3v) is 4.28. The normalized spacial score (nSPS) is 10.9. The fraction of sp³-hybridized carbons (Fsp3) is 0.333. The Labute approximate surface area is 118 Å². The van der Waals surface area contributed by atoms with Gasteiger partial charge in [0.2, 0.25) is 10.0 Å². The number of nitrogens with one attached hydrogen (secondary N) is 2. The molecule has 1 aromatic rings. The van der Waals surface area contributed by atoms with Crippen LogP contribution in [0.4, 0.5) is 10.5 Å². The molecule has 8 heteroatoms. The maximum absolute atomic E-state index is 11.6. The summed E-state index contributed by atoms with van der Waals surface area (Å²) in [6, 6.07) is 7.86. The SMILES string of the molecule is CN(C)S(=O)(=O)CCNC(=O)Nc1cccc(C#N)c1. The Bertz CT molecular complexity index is 620. The van der Waals surface area contributed by atoms with E-state index in [1.165, 1.54) is 20.2 Å². The number of anilines is 1. The van der Waals surface area contributed by atoms with Gasteiger partial charge < -0.3 is 10.6 Å². The average Bonchev–Trinajstić information content (AvgIpc) is 2.38. The average molecular weight is 296 g/mol. The lowest BCUT2D eigenvalue weighted by atomic mass is 10.2. The van der Waals surface area contributed by atoms with Crippen molar-refractivity contribution in [3.63, 3.8) is 0 Å². The molecule has 1 aromatic carbocycles. The van der Waals surface area contributed by atoms with Gasteiger partial charge in [-0.15, -0.1) is 0 Å². The Morgan fingerprint density at radius 3 is 2.70 bits per heavy atom. The smallest absolute Gasteiger partial charge is 0.319 e. The molecule has 0 aliphatic carbocycles. The minimum atomic E-state index is -3.33. The molecule has 1 rings (SSSR count). The molecule has 0 saturated carbocycles. The van der Waals surface area contributed by atoms with E-state index in [-0.39, 0.29) is 12.3 Å². The molecule has 20 heavy (non-hydrogen) atoms. The molecule has 0 saturated heterocycles. The number of hydrogen-bond acceptors (Lipinski definition) is 4. The van der Waals surface area contributed by atoms with Crippen molar-refractivity contribution in [2.45, 2.75) is 0 Å². The predicted molar refractivity (Wildman–Crippen MR) is 75.7 cm³/mol. The highest BCUT2D eigenvalue weighted by atomic mass is 32.2. The first-order valence-electron chi connectivity index (χ1n) is 5.80. The Morgan fingerprint density at radius 2 is 2.10 bits per heavy atom. The Morgan fingerprint density at radius 1 is 1.40 bits per heavy atom. The van der Waals surface area contributed by atoms with Gasteiger partial charge in [-0.25, -0.2) is 17.5 Å². The van der Waals surface area contributed by atoms with Crippen LogP contribution >= 0.6 is 0 Å². The molecule has 0 radical (unpaired) electrons. The largest absolute Gasteiger partial charge is 0.337 e. The van der Waals surface area contributed by atoms with Crippen LogP contribution in [0.25, 0.3) is 0 Å². The van der Waals surface area contributed by atoms with Gasteiger partial charge in [-0.05, 0) is 18.2 Å². The van der Waals surface area contributed by atoms with E-state index in [0.29, 0.717) is 11.3 Å². The van der Waals surface area contributed by atoms with Crippen molar-refractivity contribution in [3.05, 3.63) is 29.8 Å². The molecule has 0 fully saturated rings. The van der Waals surface area contributed by atoms with E-state index in [9.17, 15) is 13.2 Å². The molecule has 0 atom stereocenters.